The van der Waals surface area contributed by atoms with Crippen LogP contribution in [-0.4, -0.2) is 44.9 Å². The first-order chi connectivity index (χ1) is 13.2. The quantitative estimate of drug-likeness (QED) is 0.666. The van der Waals surface area contributed by atoms with Gasteiger partial charge < -0.3 is 10.1 Å². The molecule has 1 atom stereocenters. The Labute approximate surface area is 169 Å². The summed E-state index contributed by atoms with van der Waals surface area (Å²) >= 11 is 5.84. The average molecular weight is 429 g/mol. The van der Waals surface area contributed by atoms with Gasteiger partial charge in [0.2, 0.25) is 15.9 Å². The van der Waals surface area contributed by atoms with Crippen molar-refractivity contribution in [2.24, 2.45) is 0 Å². The number of benzene rings is 2. The van der Waals surface area contributed by atoms with Gasteiger partial charge in [0.25, 0.3) is 0 Å². The molecule has 0 aliphatic heterocycles. The highest BCUT2D eigenvalue weighted by atomic mass is 35.5. The summed E-state index contributed by atoms with van der Waals surface area (Å²) in [6, 6.07) is 10.8. The van der Waals surface area contributed by atoms with Gasteiger partial charge in [0, 0.05) is 24.7 Å². The van der Waals surface area contributed by atoms with E-state index in [0.717, 1.165) is 4.31 Å². The fourth-order valence-corrected chi connectivity index (χ4v) is 4.06. The molecule has 0 saturated carbocycles. The number of carbonyl (C=O) groups excluding carboxylic acids is 1. The molecule has 2 aromatic rings. The van der Waals surface area contributed by atoms with Gasteiger partial charge in [-0.3, -0.25) is 4.79 Å². The second-order valence-electron chi connectivity index (χ2n) is 6.28. The van der Waals surface area contributed by atoms with Gasteiger partial charge in [-0.05, 0) is 48.9 Å². The van der Waals surface area contributed by atoms with Crippen LogP contribution in [-0.2, 0) is 26.1 Å². The number of hydrogen-bond acceptors (Lipinski definition) is 4. The van der Waals surface area contributed by atoms with Crippen LogP contribution < -0.4 is 5.32 Å². The topological polar surface area (TPSA) is 75.7 Å². The summed E-state index contributed by atoms with van der Waals surface area (Å²) in [5.41, 5.74) is 0.552. The molecule has 28 heavy (non-hydrogen) atoms. The Hall–Kier alpha value is -2.00. The molecule has 1 amide bonds. The van der Waals surface area contributed by atoms with Crippen LogP contribution in [0.2, 0.25) is 5.02 Å². The van der Waals surface area contributed by atoms with E-state index in [9.17, 15) is 17.6 Å². The Bertz CT molecular complexity index is 889. The average Bonchev–Trinajstić information content (AvgIpc) is 2.63. The SMILES string of the molecule is COC[C@H](C)NC(=O)CN(Cc1ccc(F)cc1)S(=O)(=O)c1ccc(Cl)cc1. The number of nitrogens with one attached hydrogen (secondary N) is 1. The van der Waals surface area contributed by atoms with Gasteiger partial charge >= 0.3 is 0 Å². The van der Waals surface area contributed by atoms with Crippen molar-refractivity contribution in [2.75, 3.05) is 20.3 Å². The van der Waals surface area contributed by atoms with Gasteiger partial charge in [0.15, 0.2) is 0 Å². The van der Waals surface area contributed by atoms with Crippen LogP contribution in [0.1, 0.15) is 12.5 Å². The highest BCUT2D eigenvalue weighted by Gasteiger charge is 2.27. The molecule has 9 heteroatoms. The van der Waals surface area contributed by atoms with Crippen molar-refractivity contribution in [2.45, 2.75) is 24.4 Å². The van der Waals surface area contributed by atoms with Crippen LogP contribution in [0.25, 0.3) is 0 Å². The van der Waals surface area contributed by atoms with Crippen LogP contribution in [0.4, 0.5) is 4.39 Å². The van der Waals surface area contributed by atoms with Crippen LogP contribution in [0.5, 0.6) is 0 Å². The Morgan fingerprint density at radius 2 is 1.79 bits per heavy atom. The van der Waals surface area contributed by atoms with Crippen molar-refractivity contribution in [1.82, 2.24) is 9.62 Å². The molecule has 0 aromatic heterocycles. The third-order valence-electron chi connectivity index (χ3n) is 3.87. The number of halogens is 2. The normalized spacial score (nSPS) is 12.8. The fourth-order valence-electron chi connectivity index (χ4n) is 2.55. The third kappa shape index (κ3) is 6.27. The summed E-state index contributed by atoms with van der Waals surface area (Å²) in [7, 11) is -2.47. The molecule has 1 N–H and O–H groups in total. The van der Waals surface area contributed by atoms with Gasteiger partial charge in [-0.1, -0.05) is 23.7 Å². The lowest BCUT2D eigenvalue weighted by atomic mass is 10.2. The van der Waals surface area contributed by atoms with Crippen molar-refractivity contribution in [1.29, 1.82) is 0 Å². The van der Waals surface area contributed by atoms with Gasteiger partial charge in [0.1, 0.15) is 5.82 Å². The highest BCUT2D eigenvalue weighted by molar-refractivity contribution is 7.89. The Balaban J connectivity index is 2.27. The molecule has 2 aromatic carbocycles. The summed E-state index contributed by atoms with van der Waals surface area (Å²) in [5, 5.41) is 3.09. The zero-order valence-corrected chi connectivity index (χ0v) is 17.1. The lowest BCUT2D eigenvalue weighted by molar-refractivity contribution is -0.122. The van der Waals surface area contributed by atoms with Gasteiger partial charge in [0.05, 0.1) is 18.0 Å². The molecule has 0 spiro atoms. The summed E-state index contributed by atoms with van der Waals surface area (Å²) in [6.07, 6.45) is 0. The van der Waals surface area contributed by atoms with E-state index in [2.05, 4.69) is 5.32 Å². The summed E-state index contributed by atoms with van der Waals surface area (Å²) in [6.45, 7) is 1.57. The number of hydrogen-bond donors (Lipinski definition) is 1. The minimum Gasteiger partial charge on any atom is -0.383 e. The van der Waals surface area contributed by atoms with E-state index in [1.807, 2.05) is 0 Å². The number of carbonyl (C=O) groups is 1. The summed E-state index contributed by atoms with van der Waals surface area (Å²) in [4.78, 5) is 12.4. The molecule has 0 radical (unpaired) electrons. The van der Waals surface area contributed by atoms with Crippen molar-refractivity contribution >= 4 is 27.5 Å². The van der Waals surface area contributed by atoms with E-state index in [1.54, 1.807) is 6.92 Å². The molecule has 2 rings (SSSR count). The van der Waals surface area contributed by atoms with E-state index >= 15 is 0 Å². The van der Waals surface area contributed by atoms with Crippen molar-refractivity contribution in [3.63, 3.8) is 0 Å². The van der Waals surface area contributed by atoms with E-state index < -0.39 is 28.3 Å². The van der Waals surface area contributed by atoms with Crippen LogP contribution in [0.15, 0.2) is 53.4 Å². The number of nitrogens with zero attached hydrogens (tertiary/aromatic N) is 1. The smallest absolute Gasteiger partial charge is 0.243 e. The van der Waals surface area contributed by atoms with E-state index in [-0.39, 0.29) is 17.5 Å². The monoisotopic (exact) mass is 428 g/mol. The van der Waals surface area contributed by atoms with Gasteiger partial charge in [-0.25, -0.2) is 12.8 Å². The Kier molecular flexibility index (Phi) is 7.94. The zero-order chi connectivity index (χ0) is 20.7. The van der Waals surface area contributed by atoms with Gasteiger partial charge in [-0.15, -0.1) is 0 Å². The molecular weight excluding hydrogens is 407 g/mol. The molecule has 6 nitrogen and oxygen atoms in total. The minimum absolute atomic E-state index is 0.0109. The van der Waals surface area contributed by atoms with Gasteiger partial charge in [-0.2, -0.15) is 4.31 Å². The first-order valence-corrected chi connectivity index (χ1v) is 10.3. The van der Waals surface area contributed by atoms with E-state index in [0.29, 0.717) is 17.2 Å². The maximum Gasteiger partial charge on any atom is 0.243 e. The van der Waals surface area contributed by atoms with Crippen LogP contribution in [0, 0.1) is 5.82 Å². The van der Waals surface area contributed by atoms with Crippen molar-refractivity contribution < 1.29 is 22.3 Å². The molecular formula is C19H22ClFN2O4S. The second-order valence-corrected chi connectivity index (χ2v) is 8.65. The predicted molar refractivity (Wildman–Crippen MR) is 105 cm³/mol. The Morgan fingerprint density at radius 1 is 1.18 bits per heavy atom. The molecule has 0 saturated heterocycles. The van der Waals surface area contributed by atoms with Crippen LogP contribution in [0.3, 0.4) is 0 Å². The predicted octanol–water partition coefficient (Wildman–Crippen LogP) is 2.82. The Morgan fingerprint density at radius 3 is 2.36 bits per heavy atom. The number of amides is 1. The minimum atomic E-state index is -3.98. The third-order valence-corrected chi connectivity index (χ3v) is 5.93. The summed E-state index contributed by atoms with van der Waals surface area (Å²) in [5.74, 6) is -0.897. The van der Waals surface area contributed by atoms with E-state index in [4.69, 9.17) is 16.3 Å². The first-order valence-electron chi connectivity index (χ1n) is 8.51. The lowest BCUT2D eigenvalue weighted by Gasteiger charge is -2.23. The van der Waals surface area contributed by atoms with Crippen LogP contribution >= 0.6 is 11.6 Å². The maximum atomic E-state index is 13.2. The largest absolute Gasteiger partial charge is 0.383 e. The highest BCUT2D eigenvalue weighted by Crippen LogP contribution is 2.20. The maximum absolute atomic E-state index is 13.2. The number of ether oxygens (including phenoxy) is 1. The fraction of sp³-hybridized carbons (Fsp3) is 0.316. The molecule has 0 aliphatic rings. The lowest BCUT2D eigenvalue weighted by Crippen LogP contribution is -2.44. The molecule has 0 heterocycles. The first kappa shape index (κ1) is 22.3. The molecule has 152 valence electrons. The molecule has 0 aliphatic carbocycles. The summed E-state index contributed by atoms with van der Waals surface area (Å²) < 4.78 is 45.3. The number of rotatable bonds is 9. The van der Waals surface area contributed by atoms with E-state index in [1.165, 1.54) is 55.6 Å². The molecule has 0 bridgehead atoms. The van der Waals surface area contributed by atoms with Crippen molar-refractivity contribution in [3.8, 4) is 0 Å². The molecule has 0 fully saturated rings. The zero-order valence-electron chi connectivity index (χ0n) is 15.6. The molecule has 0 unspecified atom stereocenters. The number of sulfonamides is 1. The van der Waals surface area contributed by atoms with Crippen molar-refractivity contribution in [3.05, 3.63) is 64.9 Å². The number of methoxy groups -OCH3 is 1. The second kappa shape index (κ2) is 9.97. The standard InChI is InChI=1S/C19H22ClFN2O4S/c1-14(13-27-2)22-19(24)12-23(11-15-3-7-17(21)8-4-15)28(25,26)18-9-5-16(20)6-10-18/h3-10,14H,11-13H2,1-2H3,(H,22,24)/t14-/m0/s1.